The van der Waals surface area contributed by atoms with Crippen molar-refractivity contribution in [3.63, 3.8) is 0 Å². The molecule has 0 aliphatic rings. The first-order chi connectivity index (χ1) is 12.6. The van der Waals surface area contributed by atoms with Gasteiger partial charge in [-0.1, -0.05) is 13.3 Å². The average Bonchev–Trinajstić information content (AvgIpc) is 3.15. The van der Waals surface area contributed by atoms with Crippen molar-refractivity contribution in [3.8, 4) is 5.69 Å². The Morgan fingerprint density at radius 2 is 2.12 bits per heavy atom. The Bertz CT molecular complexity index is 966. The van der Waals surface area contributed by atoms with Gasteiger partial charge in [-0.05, 0) is 36.8 Å². The highest BCUT2D eigenvalue weighted by Gasteiger charge is 2.12. The molecule has 2 heterocycles. The SMILES string of the molecule is CCCCn1nc(C(=O)Nc2ccc(-n3cccn3)c(F)c2)ccc1=O. The van der Waals surface area contributed by atoms with Gasteiger partial charge in [-0.15, -0.1) is 0 Å². The van der Waals surface area contributed by atoms with E-state index in [0.29, 0.717) is 6.54 Å². The topological polar surface area (TPSA) is 81.8 Å². The maximum Gasteiger partial charge on any atom is 0.276 e. The first-order valence-corrected chi connectivity index (χ1v) is 8.27. The smallest absolute Gasteiger partial charge is 0.276 e. The van der Waals surface area contributed by atoms with Crippen molar-refractivity contribution in [3.05, 3.63) is 70.7 Å². The van der Waals surface area contributed by atoms with Crippen LogP contribution in [0.15, 0.2) is 53.6 Å². The molecule has 0 bridgehead atoms. The minimum absolute atomic E-state index is 0.0947. The molecule has 0 atom stereocenters. The monoisotopic (exact) mass is 355 g/mol. The molecular weight excluding hydrogens is 337 g/mol. The molecule has 1 amide bonds. The number of nitrogens with one attached hydrogen (secondary N) is 1. The van der Waals surface area contributed by atoms with E-state index < -0.39 is 11.7 Å². The van der Waals surface area contributed by atoms with E-state index in [4.69, 9.17) is 0 Å². The Morgan fingerprint density at radius 1 is 1.27 bits per heavy atom. The molecule has 7 nitrogen and oxygen atoms in total. The summed E-state index contributed by atoms with van der Waals surface area (Å²) >= 11 is 0. The van der Waals surface area contributed by atoms with Gasteiger partial charge in [0.05, 0.1) is 0 Å². The molecule has 0 spiro atoms. The Morgan fingerprint density at radius 3 is 2.81 bits per heavy atom. The van der Waals surface area contributed by atoms with Gasteiger partial charge >= 0.3 is 0 Å². The summed E-state index contributed by atoms with van der Waals surface area (Å²) in [7, 11) is 0. The first-order valence-electron chi connectivity index (χ1n) is 8.27. The number of benzene rings is 1. The zero-order chi connectivity index (χ0) is 18.5. The summed E-state index contributed by atoms with van der Waals surface area (Å²) in [5.74, 6) is -1.03. The van der Waals surface area contributed by atoms with Crippen LogP contribution in [0, 0.1) is 5.82 Å². The molecule has 1 N–H and O–H groups in total. The van der Waals surface area contributed by atoms with Crippen LogP contribution >= 0.6 is 0 Å². The van der Waals surface area contributed by atoms with Gasteiger partial charge in [-0.3, -0.25) is 9.59 Å². The molecular formula is C18H18FN5O2. The van der Waals surface area contributed by atoms with Crippen molar-refractivity contribution < 1.29 is 9.18 Å². The number of aryl methyl sites for hydroxylation is 1. The summed E-state index contributed by atoms with van der Waals surface area (Å²) in [6.45, 7) is 2.45. The molecule has 8 heteroatoms. The largest absolute Gasteiger partial charge is 0.320 e. The Balaban J connectivity index is 1.78. The molecule has 3 aromatic rings. The number of unbranched alkanes of at least 4 members (excludes halogenated alkanes) is 1. The predicted molar refractivity (Wildman–Crippen MR) is 94.9 cm³/mol. The molecule has 3 rings (SSSR count). The van der Waals surface area contributed by atoms with Crippen LogP contribution in [-0.4, -0.2) is 25.5 Å². The fourth-order valence-electron chi connectivity index (χ4n) is 2.41. The third-order valence-electron chi connectivity index (χ3n) is 3.78. The van der Waals surface area contributed by atoms with Gasteiger partial charge in [-0.2, -0.15) is 10.2 Å². The van der Waals surface area contributed by atoms with E-state index in [1.807, 2.05) is 6.92 Å². The quantitative estimate of drug-likeness (QED) is 0.737. The van der Waals surface area contributed by atoms with Gasteiger partial charge in [-0.25, -0.2) is 13.8 Å². The van der Waals surface area contributed by atoms with Crippen molar-refractivity contribution >= 4 is 11.6 Å². The van der Waals surface area contributed by atoms with Crippen molar-refractivity contribution in [2.45, 2.75) is 26.3 Å². The minimum atomic E-state index is -0.521. The lowest BCUT2D eigenvalue weighted by Crippen LogP contribution is -2.26. The molecule has 26 heavy (non-hydrogen) atoms. The second-order valence-corrected chi connectivity index (χ2v) is 5.70. The van der Waals surface area contributed by atoms with Crippen LogP contribution in [0.2, 0.25) is 0 Å². The van der Waals surface area contributed by atoms with E-state index in [9.17, 15) is 14.0 Å². The molecule has 0 radical (unpaired) electrons. The van der Waals surface area contributed by atoms with Crippen molar-refractivity contribution in [1.82, 2.24) is 19.6 Å². The fourth-order valence-corrected chi connectivity index (χ4v) is 2.41. The minimum Gasteiger partial charge on any atom is -0.320 e. The number of halogens is 1. The van der Waals surface area contributed by atoms with Gasteiger partial charge in [0.25, 0.3) is 11.5 Å². The van der Waals surface area contributed by atoms with Crippen LogP contribution in [0.25, 0.3) is 5.69 Å². The van der Waals surface area contributed by atoms with Gasteiger partial charge in [0.2, 0.25) is 0 Å². The number of nitrogens with zero attached hydrogens (tertiary/aromatic N) is 4. The molecule has 1 aromatic carbocycles. The van der Waals surface area contributed by atoms with Crippen LogP contribution in [-0.2, 0) is 6.54 Å². The maximum atomic E-state index is 14.2. The number of carbonyl (C=O) groups is 1. The average molecular weight is 355 g/mol. The molecule has 0 unspecified atom stereocenters. The first kappa shape index (κ1) is 17.5. The molecule has 0 fully saturated rings. The second kappa shape index (κ2) is 7.73. The van der Waals surface area contributed by atoms with E-state index in [1.165, 1.54) is 33.6 Å². The highest BCUT2D eigenvalue weighted by atomic mass is 19.1. The molecule has 0 aliphatic carbocycles. The van der Waals surface area contributed by atoms with Gasteiger partial charge in [0.1, 0.15) is 11.4 Å². The number of hydrogen-bond acceptors (Lipinski definition) is 4. The van der Waals surface area contributed by atoms with E-state index >= 15 is 0 Å². The predicted octanol–water partition coefficient (Wildman–Crippen LogP) is 2.62. The fraction of sp³-hybridized carbons (Fsp3) is 0.222. The molecule has 134 valence electrons. The highest BCUT2D eigenvalue weighted by molar-refractivity contribution is 6.02. The number of aromatic nitrogens is 4. The Hall–Kier alpha value is -3.29. The van der Waals surface area contributed by atoms with Crippen LogP contribution in [0.1, 0.15) is 30.3 Å². The highest BCUT2D eigenvalue weighted by Crippen LogP contribution is 2.18. The van der Waals surface area contributed by atoms with E-state index in [-0.39, 0.29) is 22.6 Å². The Labute approximate surface area is 149 Å². The summed E-state index contributed by atoms with van der Waals surface area (Å²) < 4.78 is 16.9. The standard InChI is InChI=1S/C18H18FN5O2/c1-2-3-10-24-17(25)8-6-15(22-24)18(26)21-13-5-7-16(14(19)12-13)23-11-4-9-20-23/h4-9,11-12H,2-3,10H2,1H3,(H,21,26). The number of rotatable bonds is 6. The number of anilines is 1. The molecule has 0 saturated carbocycles. The lowest BCUT2D eigenvalue weighted by atomic mass is 10.2. The van der Waals surface area contributed by atoms with Crippen molar-refractivity contribution in [2.75, 3.05) is 5.32 Å². The second-order valence-electron chi connectivity index (χ2n) is 5.70. The van der Waals surface area contributed by atoms with Crippen LogP contribution in [0.3, 0.4) is 0 Å². The van der Waals surface area contributed by atoms with Crippen LogP contribution < -0.4 is 10.9 Å². The number of hydrogen-bond donors (Lipinski definition) is 1. The Kier molecular flexibility index (Phi) is 5.21. The molecule has 2 aromatic heterocycles. The maximum absolute atomic E-state index is 14.2. The van der Waals surface area contributed by atoms with E-state index in [0.717, 1.165) is 12.8 Å². The number of carbonyl (C=O) groups excluding carboxylic acids is 1. The third kappa shape index (κ3) is 3.85. The van der Waals surface area contributed by atoms with Crippen LogP contribution in [0.5, 0.6) is 0 Å². The van der Waals surface area contributed by atoms with Gasteiger partial charge < -0.3 is 5.32 Å². The normalized spacial score (nSPS) is 10.7. The van der Waals surface area contributed by atoms with Gasteiger partial charge in [0, 0.05) is 30.7 Å². The summed E-state index contributed by atoms with van der Waals surface area (Å²) in [5.41, 5.74) is 0.401. The summed E-state index contributed by atoms with van der Waals surface area (Å²) in [6.07, 6.45) is 4.87. The summed E-state index contributed by atoms with van der Waals surface area (Å²) in [5, 5.41) is 10.6. The lowest BCUT2D eigenvalue weighted by molar-refractivity contribution is 0.101. The summed E-state index contributed by atoms with van der Waals surface area (Å²) in [6, 6.07) is 8.66. The zero-order valence-corrected chi connectivity index (χ0v) is 14.2. The molecule has 0 saturated heterocycles. The van der Waals surface area contributed by atoms with Gasteiger partial charge in [0.15, 0.2) is 5.82 Å². The van der Waals surface area contributed by atoms with E-state index in [1.54, 1.807) is 24.5 Å². The third-order valence-corrected chi connectivity index (χ3v) is 3.78. The van der Waals surface area contributed by atoms with Crippen LogP contribution in [0.4, 0.5) is 10.1 Å². The van der Waals surface area contributed by atoms with Crippen molar-refractivity contribution in [2.24, 2.45) is 0 Å². The zero-order valence-electron chi connectivity index (χ0n) is 14.2. The molecule has 0 aliphatic heterocycles. The lowest BCUT2D eigenvalue weighted by Gasteiger charge is -2.09. The van der Waals surface area contributed by atoms with E-state index in [2.05, 4.69) is 15.5 Å². The number of amides is 1. The van der Waals surface area contributed by atoms with Crippen molar-refractivity contribution in [1.29, 1.82) is 0 Å². The summed E-state index contributed by atoms with van der Waals surface area (Å²) in [4.78, 5) is 24.1.